The highest BCUT2D eigenvalue weighted by Gasteiger charge is 2.28. The van der Waals surface area contributed by atoms with Crippen LogP contribution in [-0.4, -0.2) is 25.2 Å². The van der Waals surface area contributed by atoms with Crippen LogP contribution in [0.25, 0.3) is 0 Å². The van der Waals surface area contributed by atoms with E-state index >= 15 is 0 Å². The number of anilines is 1. The largest absolute Gasteiger partial charge is 0.324 e. The average Bonchev–Trinajstić information content (AvgIpc) is 2.72. The summed E-state index contributed by atoms with van der Waals surface area (Å²) >= 11 is 30.3. The van der Waals surface area contributed by atoms with Gasteiger partial charge in [0.15, 0.2) is 0 Å². The molecule has 3 aromatic carbocycles. The van der Waals surface area contributed by atoms with E-state index in [4.69, 9.17) is 58.0 Å². The van der Waals surface area contributed by atoms with Crippen molar-refractivity contribution in [1.29, 1.82) is 0 Å². The molecule has 11 heteroatoms. The standard InChI is InChI=1S/C21H15Cl5N2O3S/c22-13-4-7-15(8-5-13)32(30,31)28(11-16-17(24)2-1-3-18(16)25)12-21(29)27-20-9-6-14(23)10-19(20)26/h1-10H,11-12H2,(H,27,29). The van der Waals surface area contributed by atoms with Gasteiger partial charge in [0.05, 0.1) is 22.2 Å². The van der Waals surface area contributed by atoms with Crippen LogP contribution in [0, 0.1) is 0 Å². The monoisotopic (exact) mass is 550 g/mol. The van der Waals surface area contributed by atoms with E-state index in [1.165, 1.54) is 36.4 Å². The zero-order valence-electron chi connectivity index (χ0n) is 16.2. The highest BCUT2D eigenvalue weighted by molar-refractivity contribution is 7.89. The normalized spacial score (nSPS) is 11.6. The second-order valence-electron chi connectivity index (χ2n) is 6.60. The Morgan fingerprint density at radius 2 is 1.41 bits per heavy atom. The van der Waals surface area contributed by atoms with Crippen molar-refractivity contribution in [1.82, 2.24) is 4.31 Å². The van der Waals surface area contributed by atoms with Gasteiger partial charge in [0.25, 0.3) is 0 Å². The van der Waals surface area contributed by atoms with Gasteiger partial charge in [-0.2, -0.15) is 4.31 Å². The number of carbonyl (C=O) groups is 1. The van der Waals surface area contributed by atoms with Gasteiger partial charge in [-0.1, -0.05) is 64.1 Å². The maximum atomic E-state index is 13.3. The fourth-order valence-corrected chi connectivity index (χ4v) is 5.25. The molecule has 0 spiro atoms. The SMILES string of the molecule is O=C(CN(Cc1c(Cl)cccc1Cl)S(=O)(=O)c1ccc(Cl)cc1)Nc1ccc(Cl)cc1Cl. The molecule has 1 amide bonds. The third-order valence-corrected chi connectivity index (χ3v) is 7.69. The molecular formula is C21H15Cl5N2O3S. The minimum absolute atomic E-state index is 0.0394. The number of benzene rings is 3. The first-order valence-electron chi connectivity index (χ1n) is 9.01. The van der Waals surface area contributed by atoms with Gasteiger partial charge < -0.3 is 5.32 Å². The summed E-state index contributed by atoms with van der Waals surface area (Å²) in [6.45, 7) is -0.753. The van der Waals surface area contributed by atoms with Crippen LogP contribution < -0.4 is 5.32 Å². The molecule has 1 N–H and O–H groups in total. The van der Waals surface area contributed by atoms with Gasteiger partial charge in [0.2, 0.25) is 15.9 Å². The smallest absolute Gasteiger partial charge is 0.243 e. The van der Waals surface area contributed by atoms with Crippen LogP contribution in [0.2, 0.25) is 25.1 Å². The van der Waals surface area contributed by atoms with Crippen molar-refractivity contribution in [3.8, 4) is 0 Å². The molecule has 0 fully saturated rings. The summed E-state index contributed by atoms with van der Waals surface area (Å²) in [5.41, 5.74) is 0.659. The zero-order chi connectivity index (χ0) is 23.5. The van der Waals surface area contributed by atoms with Crippen molar-refractivity contribution in [2.75, 3.05) is 11.9 Å². The van der Waals surface area contributed by atoms with Crippen LogP contribution in [-0.2, 0) is 21.4 Å². The Bertz CT molecular complexity index is 1230. The lowest BCUT2D eigenvalue weighted by Crippen LogP contribution is -2.37. The molecule has 0 heterocycles. The van der Waals surface area contributed by atoms with Crippen LogP contribution in [0.1, 0.15) is 5.56 Å². The highest BCUT2D eigenvalue weighted by atomic mass is 35.5. The molecule has 0 aliphatic heterocycles. The average molecular weight is 553 g/mol. The van der Waals surface area contributed by atoms with Gasteiger partial charge in [0.1, 0.15) is 0 Å². The van der Waals surface area contributed by atoms with E-state index in [2.05, 4.69) is 5.32 Å². The van der Waals surface area contributed by atoms with E-state index in [9.17, 15) is 13.2 Å². The number of hydrogen-bond donors (Lipinski definition) is 1. The summed E-state index contributed by atoms with van der Waals surface area (Å²) in [6.07, 6.45) is 0. The van der Waals surface area contributed by atoms with Crippen molar-refractivity contribution < 1.29 is 13.2 Å². The highest BCUT2D eigenvalue weighted by Crippen LogP contribution is 2.29. The van der Waals surface area contributed by atoms with E-state index in [-0.39, 0.29) is 26.5 Å². The molecule has 0 radical (unpaired) electrons. The van der Waals surface area contributed by atoms with Crippen molar-refractivity contribution in [2.45, 2.75) is 11.4 Å². The van der Waals surface area contributed by atoms with Crippen molar-refractivity contribution >= 4 is 79.6 Å². The molecule has 0 saturated heterocycles. The third-order valence-electron chi connectivity index (χ3n) is 4.37. The molecule has 3 rings (SSSR count). The number of hydrogen-bond acceptors (Lipinski definition) is 3. The quantitative estimate of drug-likeness (QED) is 0.351. The Labute approximate surface area is 210 Å². The van der Waals surface area contributed by atoms with Crippen molar-refractivity contribution in [2.24, 2.45) is 0 Å². The molecule has 0 bridgehead atoms. The van der Waals surface area contributed by atoms with Gasteiger partial charge in [-0.25, -0.2) is 8.42 Å². The van der Waals surface area contributed by atoms with Gasteiger partial charge in [-0.3, -0.25) is 4.79 Å². The van der Waals surface area contributed by atoms with E-state index in [1.807, 2.05) is 0 Å². The first-order chi connectivity index (χ1) is 15.1. The zero-order valence-corrected chi connectivity index (χ0v) is 20.8. The number of rotatable bonds is 7. The second-order valence-corrected chi connectivity index (χ2v) is 10.6. The Hall–Kier alpha value is -1.51. The van der Waals surface area contributed by atoms with Gasteiger partial charge >= 0.3 is 0 Å². The summed E-state index contributed by atoms with van der Waals surface area (Å²) in [4.78, 5) is 12.7. The van der Waals surface area contributed by atoms with E-state index in [1.54, 1.807) is 24.3 Å². The molecule has 0 aliphatic carbocycles. The number of amides is 1. The molecule has 168 valence electrons. The Kier molecular flexibility index (Phi) is 8.33. The van der Waals surface area contributed by atoms with Gasteiger partial charge in [-0.05, 0) is 54.6 Å². The maximum Gasteiger partial charge on any atom is 0.243 e. The number of nitrogens with zero attached hydrogens (tertiary/aromatic N) is 1. The first kappa shape index (κ1) is 25.1. The van der Waals surface area contributed by atoms with Gasteiger partial charge in [-0.15, -0.1) is 0 Å². The molecule has 5 nitrogen and oxygen atoms in total. The topological polar surface area (TPSA) is 66.5 Å². The van der Waals surface area contributed by atoms with E-state index in [0.29, 0.717) is 21.3 Å². The summed E-state index contributed by atoms with van der Waals surface area (Å²) in [6, 6.07) is 14.9. The Balaban J connectivity index is 1.94. The summed E-state index contributed by atoms with van der Waals surface area (Å²) in [5, 5.41) is 4.13. The Morgan fingerprint density at radius 3 is 2.00 bits per heavy atom. The number of halogens is 5. The van der Waals surface area contributed by atoms with E-state index in [0.717, 1.165) is 4.31 Å². The minimum Gasteiger partial charge on any atom is -0.324 e. The number of sulfonamides is 1. The molecular weight excluding hydrogens is 538 g/mol. The summed E-state index contributed by atoms with van der Waals surface area (Å²) < 4.78 is 27.7. The minimum atomic E-state index is -4.11. The van der Waals surface area contributed by atoms with Crippen LogP contribution in [0.4, 0.5) is 5.69 Å². The molecule has 0 atom stereocenters. The first-order valence-corrected chi connectivity index (χ1v) is 12.3. The lowest BCUT2D eigenvalue weighted by Gasteiger charge is -2.23. The fourth-order valence-electron chi connectivity index (χ4n) is 2.78. The van der Waals surface area contributed by atoms with Crippen LogP contribution in [0.15, 0.2) is 65.6 Å². The van der Waals surface area contributed by atoms with E-state index < -0.39 is 22.5 Å². The summed E-state index contributed by atoms with van der Waals surface area (Å²) in [7, 11) is -4.11. The fraction of sp³-hybridized carbons (Fsp3) is 0.0952. The summed E-state index contributed by atoms with van der Waals surface area (Å²) in [5.74, 6) is -0.616. The van der Waals surface area contributed by atoms with Crippen molar-refractivity contribution in [3.05, 3.63) is 91.3 Å². The number of nitrogens with one attached hydrogen (secondary N) is 1. The van der Waals surface area contributed by atoms with Crippen LogP contribution in [0.5, 0.6) is 0 Å². The molecule has 0 saturated carbocycles. The second kappa shape index (κ2) is 10.6. The Morgan fingerprint density at radius 1 is 0.812 bits per heavy atom. The third kappa shape index (κ3) is 6.08. The van der Waals surface area contributed by atoms with Gasteiger partial charge in [0, 0.05) is 32.2 Å². The lowest BCUT2D eigenvalue weighted by atomic mass is 10.2. The van der Waals surface area contributed by atoms with Crippen LogP contribution in [0.3, 0.4) is 0 Å². The van der Waals surface area contributed by atoms with Crippen molar-refractivity contribution in [3.63, 3.8) is 0 Å². The van der Waals surface area contributed by atoms with Crippen LogP contribution >= 0.6 is 58.0 Å². The maximum absolute atomic E-state index is 13.3. The molecule has 32 heavy (non-hydrogen) atoms. The predicted octanol–water partition coefficient (Wildman–Crippen LogP) is 6.78. The lowest BCUT2D eigenvalue weighted by molar-refractivity contribution is -0.116. The molecule has 3 aromatic rings. The molecule has 0 aliphatic rings. The molecule has 0 unspecified atom stereocenters. The molecule has 0 aromatic heterocycles. The predicted molar refractivity (Wildman–Crippen MR) is 131 cm³/mol. The number of carbonyl (C=O) groups excluding carboxylic acids is 1.